The van der Waals surface area contributed by atoms with Crippen molar-refractivity contribution < 1.29 is 13.9 Å². The molecule has 1 amide bonds. The van der Waals surface area contributed by atoms with E-state index in [-0.39, 0.29) is 17.6 Å². The molecule has 1 N–H and O–H groups in total. The highest BCUT2D eigenvalue weighted by Crippen LogP contribution is 2.48. The zero-order valence-electron chi connectivity index (χ0n) is 14.6. The van der Waals surface area contributed by atoms with Crippen molar-refractivity contribution in [3.05, 3.63) is 82.8 Å². The number of halogens is 1. The Morgan fingerprint density at radius 2 is 2.11 bits per heavy atom. The number of ether oxygens (including phenoxy) is 1. The minimum absolute atomic E-state index is 0.0536. The van der Waals surface area contributed by atoms with Crippen LogP contribution >= 0.6 is 11.3 Å². The minimum atomic E-state index is -0.297. The van der Waals surface area contributed by atoms with E-state index in [0.29, 0.717) is 13.0 Å². The number of hydrogen-bond donors (Lipinski definition) is 1. The third kappa shape index (κ3) is 3.38. The number of nitrogens with one attached hydrogen (secondary N) is 1. The molecule has 0 spiro atoms. The Hall–Kier alpha value is -2.92. The molecule has 1 atom stereocenters. The van der Waals surface area contributed by atoms with Crippen LogP contribution in [0.3, 0.4) is 0 Å². The van der Waals surface area contributed by atoms with Crippen molar-refractivity contribution in [2.75, 3.05) is 11.9 Å². The lowest BCUT2D eigenvalue weighted by Gasteiger charge is -2.25. The number of anilines is 1. The molecule has 2 aromatic carbocycles. The van der Waals surface area contributed by atoms with Crippen molar-refractivity contribution in [2.24, 2.45) is 0 Å². The van der Waals surface area contributed by atoms with Gasteiger partial charge in [0.05, 0.1) is 5.69 Å². The first-order chi connectivity index (χ1) is 13.2. The van der Waals surface area contributed by atoms with Gasteiger partial charge in [0, 0.05) is 33.7 Å². The van der Waals surface area contributed by atoms with Crippen LogP contribution < -0.4 is 10.1 Å². The number of fused-ring (bicyclic) bond motifs is 1. The van der Waals surface area contributed by atoms with Crippen molar-refractivity contribution in [1.29, 1.82) is 0 Å². The van der Waals surface area contributed by atoms with Crippen molar-refractivity contribution >= 4 is 22.9 Å². The maximum absolute atomic E-state index is 13.7. The van der Waals surface area contributed by atoms with E-state index < -0.39 is 0 Å². The number of thiophene rings is 1. The number of carbonyl (C=O) groups excluding carboxylic acids is 1. The minimum Gasteiger partial charge on any atom is -0.489 e. The summed E-state index contributed by atoms with van der Waals surface area (Å²) in [6.45, 7) is 4.10. The first kappa shape index (κ1) is 17.5. The molecule has 2 heterocycles. The molecule has 3 aromatic rings. The standard InChI is InChI=1S/C22H18FNO2S/c1-2-10-26-19-9-4-3-8-16(19)17-12-20(25)24-21-18(13-27-22(17)21)14-6-5-7-15(23)11-14/h2-9,11,13,17H,1,10,12H2,(H,24,25)/t17-/m0/s1. The number of carbonyl (C=O) groups is 1. The maximum atomic E-state index is 13.7. The molecule has 0 fully saturated rings. The van der Waals surface area contributed by atoms with Crippen LogP contribution in [0.1, 0.15) is 22.8 Å². The zero-order valence-corrected chi connectivity index (χ0v) is 15.4. The van der Waals surface area contributed by atoms with E-state index in [4.69, 9.17) is 4.74 Å². The number of amides is 1. The van der Waals surface area contributed by atoms with Crippen LogP contribution in [0.15, 0.2) is 66.6 Å². The van der Waals surface area contributed by atoms with Gasteiger partial charge in [0.1, 0.15) is 18.2 Å². The van der Waals surface area contributed by atoms with Crippen LogP contribution in [0.5, 0.6) is 5.75 Å². The fraction of sp³-hybridized carbons (Fsp3) is 0.136. The molecule has 0 saturated carbocycles. The lowest BCUT2D eigenvalue weighted by atomic mass is 9.88. The molecular weight excluding hydrogens is 361 g/mol. The normalized spacial score (nSPS) is 15.7. The first-order valence-electron chi connectivity index (χ1n) is 8.67. The van der Waals surface area contributed by atoms with Gasteiger partial charge in [-0.1, -0.05) is 43.0 Å². The van der Waals surface area contributed by atoms with Gasteiger partial charge in [-0.05, 0) is 23.8 Å². The molecule has 0 bridgehead atoms. The average molecular weight is 379 g/mol. The van der Waals surface area contributed by atoms with Gasteiger partial charge in [-0.3, -0.25) is 4.79 Å². The molecular formula is C22H18FNO2S. The van der Waals surface area contributed by atoms with E-state index in [1.807, 2.05) is 35.7 Å². The predicted molar refractivity (Wildman–Crippen MR) is 107 cm³/mol. The second-order valence-electron chi connectivity index (χ2n) is 6.34. The Labute approximate surface area is 161 Å². The second-order valence-corrected chi connectivity index (χ2v) is 7.25. The summed E-state index contributed by atoms with van der Waals surface area (Å²) >= 11 is 1.58. The Kier molecular flexibility index (Phi) is 4.77. The highest BCUT2D eigenvalue weighted by atomic mass is 32.1. The summed E-state index contributed by atoms with van der Waals surface area (Å²) in [4.78, 5) is 13.5. The number of hydrogen-bond acceptors (Lipinski definition) is 3. The van der Waals surface area contributed by atoms with E-state index >= 15 is 0 Å². The summed E-state index contributed by atoms with van der Waals surface area (Å²) in [7, 11) is 0. The molecule has 5 heteroatoms. The molecule has 0 saturated heterocycles. The fourth-order valence-corrected chi connectivity index (χ4v) is 4.55. The highest BCUT2D eigenvalue weighted by molar-refractivity contribution is 7.11. The first-order valence-corrected chi connectivity index (χ1v) is 9.55. The summed E-state index contributed by atoms with van der Waals surface area (Å²) in [6, 6.07) is 14.2. The number of rotatable bonds is 5. The third-order valence-electron chi connectivity index (χ3n) is 4.58. The second kappa shape index (κ2) is 7.37. The SMILES string of the molecule is C=CCOc1ccccc1[C@@H]1CC(=O)Nc2c(-c3cccc(F)c3)csc21. The van der Waals surface area contributed by atoms with Crippen LogP contribution in [0.25, 0.3) is 11.1 Å². The van der Waals surface area contributed by atoms with Crippen molar-refractivity contribution in [3.8, 4) is 16.9 Å². The molecule has 0 aliphatic carbocycles. The molecule has 1 aliphatic rings. The van der Waals surface area contributed by atoms with Crippen LogP contribution in [0.4, 0.5) is 10.1 Å². The van der Waals surface area contributed by atoms with Crippen LogP contribution in [0.2, 0.25) is 0 Å². The van der Waals surface area contributed by atoms with Gasteiger partial charge >= 0.3 is 0 Å². The van der Waals surface area contributed by atoms with Gasteiger partial charge in [-0.2, -0.15) is 0 Å². The smallest absolute Gasteiger partial charge is 0.225 e. The van der Waals surface area contributed by atoms with E-state index in [9.17, 15) is 9.18 Å². The monoisotopic (exact) mass is 379 g/mol. The number of benzene rings is 2. The molecule has 1 aliphatic heterocycles. The van der Waals surface area contributed by atoms with Gasteiger partial charge in [0.15, 0.2) is 0 Å². The van der Waals surface area contributed by atoms with Crippen molar-refractivity contribution in [1.82, 2.24) is 0 Å². The van der Waals surface area contributed by atoms with E-state index in [1.54, 1.807) is 23.5 Å². The van der Waals surface area contributed by atoms with Crippen LogP contribution in [-0.2, 0) is 4.79 Å². The topological polar surface area (TPSA) is 38.3 Å². The summed E-state index contributed by atoms with van der Waals surface area (Å²) in [5.74, 6) is 0.308. The Morgan fingerprint density at radius 3 is 2.93 bits per heavy atom. The Balaban J connectivity index is 1.79. The summed E-state index contributed by atoms with van der Waals surface area (Å²) in [5.41, 5.74) is 3.34. The Bertz CT molecular complexity index is 1010. The largest absolute Gasteiger partial charge is 0.489 e. The van der Waals surface area contributed by atoms with Gasteiger partial charge in [0.25, 0.3) is 0 Å². The lowest BCUT2D eigenvalue weighted by Crippen LogP contribution is -2.22. The van der Waals surface area contributed by atoms with E-state index in [2.05, 4.69) is 11.9 Å². The summed E-state index contributed by atoms with van der Waals surface area (Å²) < 4.78 is 19.5. The van der Waals surface area contributed by atoms with E-state index in [0.717, 1.165) is 33.0 Å². The highest BCUT2D eigenvalue weighted by Gasteiger charge is 2.32. The third-order valence-corrected chi connectivity index (χ3v) is 5.67. The molecule has 27 heavy (non-hydrogen) atoms. The molecule has 0 unspecified atom stereocenters. The molecule has 1 aromatic heterocycles. The molecule has 4 rings (SSSR count). The predicted octanol–water partition coefficient (Wildman–Crippen LogP) is 5.59. The van der Waals surface area contributed by atoms with Crippen molar-refractivity contribution in [2.45, 2.75) is 12.3 Å². The van der Waals surface area contributed by atoms with Gasteiger partial charge < -0.3 is 10.1 Å². The average Bonchev–Trinajstić information content (AvgIpc) is 3.09. The fourth-order valence-electron chi connectivity index (χ4n) is 3.39. The zero-order chi connectivity index (χ0) is 18.8. The maximum Gasteiger partial charge on any atom is 0.225 e. The van der Waals surface area contributed by atoms with Crippen molar-refractivity contribution in [3.63, 3.8) is 0 Å². The van der Waals surface area contributed by atoms with Crippen LogP contribution in [-0.4, -0.2) is 12.5 Å². The number of para-hydroxylation sites is 1. The summed E-state index contributed by atoms with van der Waals surface area (Å²) in [6.07, 6.45) is 2.05. The molecule has 136 valence electrons. The van der Waals surface area contributed by atoms with Gasteiger partial charge in [-0.15, -0.1) is 11.3 Å². The Morgan fingerprint density at radius 1 is 1.26 bits per heavy atom. The molecule has 3 nitrogen and oxygen atoms in total. The quantitative estimate of drug-likeness (QED) is 0.587. The van der Waals surface area contributed by atoms with E-state index in [1.165, 1.54) is 12.1 Å². The molecule has 0 radical (unpaired) electrons. The van der Waals surface area contributed by atoms with Crippen LogP contribution in [0, 0.1) is 5.82 Å². The van der Waals surface area contributed by atoms with Gasteiger partial charge in [-0.25, -0.2) is 4.39 Å². The van der Waals surface area contributed by atoms with Gasteiger partial charge in [0.2, 0.25) is 5.91 Å². The summed E-state index contributed by atoms with van der Waals surface area (Å²) in [5, 5.41) is 4.96. The lowest BCUT2D eigenvalue weighted by molar-refractivity contribution is -0.116.